The Hall–Kier alpha value is -3.92. The quantitative estimate of drug-likeness (QED) is 0.166. The molecule has 38 heavy (non-hydrogen) atoms. The lowest BCUT2D eigenvalue weighted by atomic mass is 10.0. The smallest absolute Gasteiger partial charge is 0.330 e. The number of allylic oxidation sites excluding steroid dienone is 3. The first kappa shape index (κ1) is 27.1. The largest absolute Gasteiger partial charge is 0.463 e. The molecule has 3 aromatic rings. The predicted molar refractivity (Wildman–Crippen MR) is 147 cm³/mol. The van der Waals surface area contributed by atoms with Crippen LogP contribution in [0.4, 0.5) is 5.82 Å². The molecule has 0 atom stereocenters. The van der Waals surface area contributed by atoms with Gasteiger partial charge in [-0.05, 0) is 32.8 Å². The van der Waals surface area contributed by atoms with E-state index in [9.17, 15) is 18.0 Å². The zero-order chi connectivity index (χ0) is 27.4. The van der Waals surface area contributed by atoms with Gasteiger partial charge in [0.05, 0.1) is 23.8 Å². The molecule has 0 spiro atoms. The number of fused-ring (bicyclic) bond motifs is 1. The Labute approximate surface area is 222 Å². The molecule has 0 bridgehead atoms. The average molecular weight is 538 g/mol. The number of ether oxygens (including phenoxy) is 1. The number of hydrogen-bond donors (Lipinski definition) is 1. The summed E-state index contributed by atoms with van der Waals surface area (Å²) in [5, 5.41) is 3.19. The van der Waals surface area contributed by atoms with E-state index in [1.165, 1.54) is 10.4 Å². The summed E-state index contributed by atoms with van der Waals surface area (Å²) in [6, 6.07) is 9.40. The Morgan fingerprint density at radius 3 is 2.53 bits per heavy atom. The lowest BCUT2D eigenvalue weighted by Gasteiger charge is -2.23. The molecule has 0 fully saturated rings. The van der Waals surface area contributed by atoms with Crippen LogP contribution in [0.25, 0.3) is 22.4 Å². The first-order chi connectivity index (χ1) is 18.1. The van der Waals surface area contributed by atoms with Gasteiger partial charge in [0.25, 0.3) is 5.91 Å². The number of carbonyl (C=O) groups is 2. The van der Waals surface area contributed by atoms with E-state index in [1.54, 1.807) is 26.1 Å². The van der Waals surface area contributed by atoms with E-state index in [-0.39, 0.29) is 36.5 Å². The average Bonchev–Trinajstić information content (AvgIpc) is 3.65. The maximum absolute atomic E-state index is 13.0. The van der Waals surface area contributed by atoms with Crippen molar-refractivity contribution in [2.75, 3.05) is 30.8 Å². The molecule has 1 aliphatic rings. The van der Waals surface area contributed by atoms with Gasteiger partial charge in [0.15, 0.2) is 0 Å². The number of esters is 1. The number of amides is 1. The molecule has 9 nitrogen and oxygen atoms in total. The van der Waals surface area contributed by atoms with Gasteiger partial charge in [0, 0.05) is 36.7 Å². The highest BCUT2D eigenvalue weighted by molar-refractivity contribution is 7.92. The summed E-state index contributed by atoms with van der Waals surface area (Å²) in [5.74, 6) is -0.219. The Balaban J connectivity index is 1.76. The fourth-order valence-corrected chi connectivity index (χ4v) is 5.07. The molecule has 1 aliphatic carbocycles. The maximum Gasteiger partial charge on any atom is 0.330 e. The van der Waals surface area contributed by atoms with Crippen molar-refractivity contribution >= 4 is 38.8 Å². The number of unbranched alkanes of at least 4 members (excludes halogenated alkanes) is 1. The van der Waals surface area contributed by atoms with Gasteiger partial charge in [0.2, 0.25) is 15.7 Å². The van der Waals surface area contributed by atoms with Gasteiger partial charge in [-0.2, -0.15) is 4.98 Å². The van der Waals surface area contributed by atoms with Gasteiger partial charge in [-0.3, -0.25) is 9.10 Å². The molecular weight excluding hydrogens is 506 g/mol. The predicted octanol–water partition coefficient (Wildman–Crippen LogP) is 4.48. The second kappa shape index (κ2) is 11.2. The normalized spacial score (nSPS) is 13.3. The van der Waals surface area contributed by atoms with Gasteiger partial charge in [-0.15, -0.1) is 0 Å². The van der Waals surface area contributed by atoms with Crippen LogP contribution in [0.5, 0.6) is 0 Å². The van der Waals surface area contributed by atoms with Crippen molar-refractivity contribution in [2.24, 2.45) is 0 Å². The van der Waals surface area contributed by atoms with Crippen molar-refractivity contribution in [2.45, 2.75) is 32.6 Å². The second-order valence-electron chi connectivity index (χ2n) is 9.05. The number of hydrogen-bond acceptors (Lipinski definition) is 7. The SMILES string of the molecule is CCOC(=O)/C=C/CCCN(c1nc2oc(-c3ccc(C)cc3)c(C(=O)NC)c2cc1C1C=C1)S(C)(=O)=O. The fourth-order valence-electron chi connectivity index (χ4n) is 4.15. The van der Waals surface area contributed by atoms with Crippen LogP contribution in [0.3, 0.4) is 0 Å². The summed E-state index contributed by atoms with van der Waals surface area (Å²) in [7, 11) is -2.15. The fraction of sp³-hybridized carbons (Fsp3) is 0.321. The zero-order valence-electron chi connectivity index (χ0n) is 21.9. The molecule has 2 heterocycles. The van der Waals surface area contributed by atoms with Crippen LogP contribution < -0.4 is 9.62 Å². The van der Waals surface area contributed by atoms with Crippen molar-refractivity contribution in [3.8, 4) is 11.3 Å². The molecule has 2 aromatic heterocycles. The number of anilines is 1. The Morgan fingerprint density at radius 1 is 1.21 bits per heavy atom. The topological polar surface area (TPSA) is 119 Å². The summed E-state index contributed by atoms with van der Waals surface area (Å²) in [5.41, 5.74) is 2.98. The third kappa shape index (κ3) is 5.96. The molecule has 0 unspecified atom stereocenters. The van der Waals surface area contributed by atoms with E-state index in [0.29, 0.717) is 40.7 Å². The number of rotatable bonds is 11. The zero-order valence-corrected chi connectivity index (χ0v) is 22.7. The van der Waals surface area contributed by atoms with Crippen molar-refractivity contribution in [1.82, 2.24) is 10.3 Å². The first-order valence-electron chi connectivity index (χ1n) is 12.4. The molecular formula is C28H31N3O6S. The third-order valence-electron chi connectivity index (χ3n) is 6.11. The second-order valence-corrected chi connectivity index (χ2v) is 11.0. The number of carbonyl (C=O) groups excluding carboxylic acids is 2. The molecule has 1 amide bonds. The van der Waals surface area contributed by atoms with Gasteiger partial charge in [-0.1, -0.05) is 48.1 Å². The number of nitrogens with zero attached hydrogens (tertiary/aromatic N) is 2. The Morgan fingerprint density at radius 2 is 1.92 bits per heavy atom. The number of furan rings is 1. The van der Waals surface area contributed by atoms with Crippen molar-refractivity contribution in [3.05, 3.63) is 71.3 Å². The standard InChI is InChI=1S/C28H31N3O6S/c1-5-36-23(32)9-7-6-8-16-31(38(4,34)35)26-21(19-14-15-19)17-22-24(27(33)29-3)25(37-28(22)30-26)20-12-10-18(2)11-13-20/h7,9-15,17,19H,5-6,8,16H2,1-4H3,(H,29,33)/b9-7+. The first-order valence-corrected chi connectivity index (χ1v) is 14.2. The van der Waals surface area contributed by atoms with Gasteiger partial charge >= 0.3 is 5.97 Å². The van der Waals surface area contributed by atoms with E-state index >= 15 is 0 Å². The van der Waals surface area contributed by atoms with E-state index < -0.39 is 16.0 Å². The van der Waals surface area contributed by atoms with Crippen molar-refractivity contribution in [1.29, 1.82) is 0 Å². The molecule has 0 saturated carbocycles. The van der Waals surface area contributed by atoms with Crippen LogP contribution in [-0.4, -0.2) is 51.7 Å². The monoisotopic (exact) mass is 537 g/mol. The maximum atomic E-state index is 13.0. The van der Waals surface area contributed by atoms with Gasteiger partial charge in [-0.25, -0.2) is 13.2 Å². The number of aryl methyl sites for hydroxylation is 1. The molecule has 0 aliphatic heterocycles. The van der Waals surface area contributed by atoms with Gasteiger partial charge in [0.1, 0.15) is 11.6 Å². The molecule has 4 rings (SSSR count). The highest BCUT2D eigenvalue weighted by atomic mass is 32.2. The molecule has 0 radical (unpaired) electrons. The van der Waals surface area contributed by atoms with E-state index in [4.69, 9.17) is 9.15 Å². The highest BCUT2D eigenvalue weighted by Crippen LogP contribution is 2.41. The van der Waals surface area contributed by atoms with Crippen LogP contribution in [0.15, 0.2) is 59.1 Å². The lowest BCUT2D eigenvalue weighted by Crippen LogP contribution is -2.32. The number of sulfonamides is 1. The van der Waals surface area contributed by atoms with Crippen LogP contribution >= 0.6 is 0 Å². The van der Waals surface area contributed by atoms with Crippen LogP contribution in [0.1, 0.15) is 47.2 Å². The Kier molecular flexibility index (Phi) is 8.01. The minimum absolute atomic E-state index is 0.0925. The molecule has 0 saturated heterocycles. The van der Waals surface area contributed by atoms with Crippen molar-refractivity contribution < 1.29 is 27.2 Å². The lowest BCUT2D eigenvalue weighted by molar-refractivity contribution is -0.137. The minimum Gasteiger partial charge on any atom is -0.463 e. The van der Waals surface area contributed by atoms with Crippen molar-refractivity contribution in [3.63, 3.8) is 0 Å². The molecule has 10 heteroatoms. The molecule has 200 valence electrons. The van der Waals surface area contributed by atoms with E-state index in [2.05, 4.69) is 10.3 Å². The molecule has 1 N–H and O–H groups in total. The summed E-state index contributed by atoms with van der Waals surface area (Å²) < 4.78 is 38.0. The summed E-state index contributed by atoms with van der Waals surface area (Å²) in [6.07, 6.45) is 8.94. The summed E-state index contributed by atoms with van der Waals surface area (Å²) >= 11 is 0. The number of benzene rings is 1. The van der Waals surface area contributed by atoms with E-state index in [1.807, 2.05) is 43.3 Å². The van der Waals surface area contributed by atoms with Crippen LogP contribution in [0, 0.1) is 6.92 Å². The van der Waals surface area contributed by atoms with E-state index in [0.717, 1.165) is 11.8 Å². The number of aromatic nitrogens is 1. The molecule has 1 aromatic carbocycles. The summed E-state index contributed by atoms with van der Waals surface area (Å²) in [6.45, 7) is 4.14. The van der Waals surface area contributed by atoms with Crippen LogP contribution in [-0.2, 0) is 19.6 Å². The van der Waals surface area contributed by atoms with Gasteiger partial charge < -0.3 is 14.5 Å². The summed E-state index contributed by atoms with van der Waals surface area (Å²) in [4.78, 5) is 29.1. The highest BCUT2D eigenvalue weighted by Gasteiger charge is 2.31. The number of nitrogens with one attached hydrogen (secondary N) is 1. The number of pyridine rings is 1. The van der Waals surface area contributed by atoms with Crippen LogP contribution in [0.2, 0.25) is 0 Å². The minimum atomic E-state index is -3.70. The Bertz CT molecular complexity index is 1510. The third-order valence-corrected chi connectivity index (χ3v) is 7.27.